The molecule has 1 N–H and O–H groups in total. The lowest BCUT2D eigenvalue weighted by molar-refractivity contribution is 0.182. The van der Waals surface area contributed by atoms with Crippen molar-refractivity contribution >= 4 is 28.1 Å². The molecule has 0 aliphatic carbocycles. The Labute approximate surface area is 155 Å². The summed E-state index contributed by atoms with van der Waals surface area (Å²) in [4.78, 5) is 22.0. The number of likely N-dealkylation sites (N-methyl/N-ethyl adjacent to an activating group) is 1. The molecule has 0 radical (unpaired) electrons. The molecule has 1 fully saturated rings. The zero-order chi connectivity index (χ0) is 17.9. The average Bonchev–Trinajstić information content (AvgIpc) is 3.28. The average molecular weight is 371 g/mol. The molecule has 3 aromatic rings. The summed E-state index contributed by atoms with van der Waals surface area (Å²) < 4.78 is 1.97. The van der Waals surface area contributed by atoms with Gasteiger partial charge in [0.25, 0.3) is 0 Å². The van der Waals surface area contributed by atoms with Gasteiger partial charge in [-0.05, 0) is 25.0 Å². The first-order chi connectivity index (χ1) is 12.7. The van der Waals surface area contributed by atoms with Crippen LogP contribution in [0.3, 0.4) is 0 Å². The van der Waals surface area contributed by atoms with Crippen molar-refractivity contribution in [1.82, 2.24) is 29.8 Å². The van der Waals surface area contributed by atoms with Crippen LogP contribution < -0.4 is 10.2 Å². The van der Waals surface area contributed by atoms with Crippen molar-refractivity contribution in [2.45, 2.75) is 25.4 Å². The molecule has 136 valence electrons. The van der Waals surface area contributed by atoms with Crippen molar-refractivity contribution in [2.24, 2.45) is 0 Å². The van der Waals surface area contributed by atoms with Gasteiger partial charge < -0.3 is 15.1 Å². The van der Waals surface area contributed by atoms with Crippen LogP contribution in [0.1, 0.15) is 18.5 Å². The molecule has 1 aliphatic rings. The van der Waals surface area contributed by atoms with Crippen molar-refractivity contribution < 1.29 is 4.79 Å². The highest BCUT2D eigenvalue weighted by atomic mass is 32.1. The monoisotopic (exact) mass is 371 g/mol. The highest BCUT2D eigenvalue weighted by Gasteiger charge is 2.26. The second-order valence-corrected chi connectivity index (χ2v) is 7.29. The number of carbonyl (C=O) groups is 1. The second kappa shape index (κ2) is 7.28. The molecule has 1 unspecified atom stereocenters. The molecule has 9 heteroatoms. The van der Waals surface area contributed by atoms with Gasteiger partial charge in [-0.3, -0.25) is 4.40 Å². The standard InChI is InChI=1S/C17H21N7OS/c1-22(14-4-3-7-23(12-14)15-5-2-6-19-21-15)16(25)18-10-13-11-24-8-9-26-17(24)20-13/h2,5-6,8-9,11,14H,3-4,7,10,12H2,1H3,(H,18,25). The molecule has 1 saturated heterocycles. The predicted molar refractivity (Wildman–Crippen MR) is 100 cm³/mol. The van der Waals surface area contributed by atoms with E-state index in [-0.39, 0.29) is 12.1 Å². The highest BCUT2D eigenvalue weighted by molar-refractivity contribution is 7.15. The number of fused-ring (bicyclic) bond motifs is 1. The fourth-order valence-electron chi connectivity index (χ4n) is 3.26. The molecule has 0 spiro atoms. The number of aromatic nitrogens is 4. The van der Waals surface area contributed by atoms with Crippen molar-refractivity contribution in [3.05, 3.63) is 41.8 Å². The number of carbonyl (C=O) groups excluding carboxylic acids is 1. The Hall–Kier alpha value is -2.68. The molecular formula is C17H21N7OS. The minimum absolute atomic E-state index is 0.0765. The third-order valence-electron chi connectivity index (χ3n) is 4.71. The van der Waals surface area contributed by atoms with Gasteiger partial charge in [-0.2, -0.15) is 5.10 Å². The van der Waals surface area contributed by atoms with Crippen molar-refractivity contribution in [3.8, 4) is 0 Å². The third-order valence-corrected chi connectivity index (χ3v) is 5.48. The fraction of sp³-hybridized carbons (Fsp3) is 0.412. The van der Waals surface area contributed by atoms with Gasteiger partial charge in [-0.15, -0.1) is 16.4 Å². The molecule has 1 atom stereocenters. The summed E-state index contributed by atoms with van der Waals surface area (Å²) in [7, 11) is 1.85. The molecule has 0 saturated carbocycles. The Kier molecular flexibility index (Phi) is 4.70. The second-order valence-electron chi connectivity index (χ2n) is 6.42. The van der Waals surface area contributed by atoms with E-state index in [0.29, 0.717) is 6.54 Å². The van der Waals surface area contributed by atoms with Crippen molar-refractivity contribution in [1.29, 1.82) is 0 Å². The largest absolute Gasteiger partial charge is 0.353 e. The van der Waals surface area contributed by atoms with Crippen LogP contribution in [-0.4, -0.2) is 56.7 Å². The number of thiazole rings is 1. The van der Waals surface area contributed by atoms with Crippen LogP contribution >= 0.6 is 11.3 Å². The maximum atomic E-state index is 12.5. The normalized spacial score (nSPS) is 17.4. The molecule has 4 heterocycles. The van der Waals surface area contributed by atoms with Crippen LogP contribution in [0.15, 0.2) is 36.1 Å². The summed E-state index contributed by atoms with van der Waals surface area (Å²) in [6.45, 7) is 2.14. The Morgan fingerprint density at radius 2 is 2.42 bits per heavy atom. The lowest BCUT2D eigenvalue weighted by Crippen LogP contribution is -2.51. The Bertz CT molecular complexity index is 849. The smallest absolute Gasteiger partial charge is 0.317 e. The van der Waals surface area contributed by atoms with Crippen molar-refractivity contribution in [2.75, 3.05) is 25.0 Å². The number of nitrogens with one attached hydrogen (secondary N) is 1. The van der Waals surface area contributed by atoms with E-state index >= 15 is 0 Å². The van der Waals surface area contributed by atoms with Crippen LogP contribution in [0.5, 0.6) is 0 Å². The van der Waals surface area contributed by atoms with E-state index in [1.165, 1.54) is 0 Å². The van der Waals surface area contributed by atoms with Gasteiger partial charge in [0.05, 0.1) is 18.3 Å². The SMILES string of the molecule is CN(C(=O)NCc1cn2ccsc2n1)C1CCCN(c2cccnn2)C1. The fourth-order valence-corrected chi connectivity index (χ4v) is 3.98. The van der Waals surface area contributed by atoms with Gasteiger partial charge in [0.2, 0.25) is 0 Å². The van der Waals surface area contributed by atoms with Gasteiger partial charge in [0.15, 0.2) is 10.8 Å². The molecule has 26 heavy (non-hydrogen) atoms. The quantitative estimate of drug-likeness (QED) is 0.759. The van der Waals surface area contributed by atoms with E-state index in [1.54, 1.807) is 22.4 Å². The summed E-state index contributed by atoms with van der Waals surface area (Å²) in [6, 6.07) is 3.92. The van der Waals surface area contributed by atoms with E-state index in [2.05, 4.69) is 25.4 Å². The van der Waals surface area contributed by atoms with Gasteiger partial charge in [0.1, 0.15) is 0 Å². The zero-order valence-corrected chi connectivity index (χ0v) is 15.4. The predicted octanol–water partition coefficient (Wildman–Crippen LogP) is 2.00. The van der Waals surface area contributed by atoms with Crippen LogP contribution in [0.25, 0.3) is 4.96 Å². The Morgan fingerprint density at radius 1 is 1.50 bits per heavy atom. The lowest BCUT2D eigenvalue weighted by atomic mass is 10.0. The van der Waals surface area contributed by atoms with Crippen LogP contribution in [0.4, 0.5) is 10.6 Å². The highest BCUT2D eigenvalue weighted by Crippen LogP contribution is 2.19. The zero-order valence-electron chi connectivity index (χ0n) is 14.6. The number of hydrogen-bond acceptors (Lipinski definition) is 6. The Balaban J connectivity index is 1.34. The third kappa shape index (κ3) is 3.48. The van der Waals surface area contributed by atoms with E-state index in [0.717, 1.165) is 42.4 Å². The number of imidazole rings is 1. The van der Waals surface area contributed by atoms with Gasteiger partial charge in [-0.1, -0.05) is 0 Å². The number of piperidine rings is 1. The van der Waals surface area contributed by atoms with Crippen LogP contribution in [0.2, 0.25) is 0 Å². The molecule has 4 rings (SSSR count). The molecule has 0 aromatic carbocycles. The number of urea groups is 1. The van der Waals surface area contributed by atoms with E-state index in [9.17, 15) is 4.79 Å². The number of hydrogen-bond donors (Lipinski definition) is 1. The number of nitrogens with zero attached hydrogens (tertiary/aromatic N) is 6. The minimum Gasteiger partial charge on any atom is -0.353 e. The molecule has 8 nitrogen and oxygen atoms in total. The van der Waals surface area contributed by atoms with E-state index in [1.807, 2.05) is 41.4 Å². The number of amides is 2. The number of rotatable bonds is 4. The first-order valence-corrected chi connectivity index (χ1v) is 9.53. The lowest BCUT2D eigenvalue weighted by Gasteiger charge is -2.37. The van der Waals surface area contributed by atoms with Gasteiger partial charge >= 0.3 is 6.03 Å². The summed E-state index contributed by atoms with van der Waals surface area (Å²) in [6.07, 6.45) is 7.59. The summed E-state index contributed by atoms with van der Waals surface area (Å²) in [5.41, 5.74) is 0.864. The van der Waals surface area contributed by atoms with Gasteiger partial charge in [0, 0.05) is 44.1 Å². The van der Waals surface area contributed by atoms with Crippen LogP contribution in [-0.2, 0) is 6.54 Å². The number of anilines is 1. The molecular weight excluding hydrogens is 350 g/mol. The Morgan fingerprint density at radius 3 is 3.23 bits per heavy atom. The molecule has 2 amide bonds. The molecule has 3 aromatic heterocycles. The first kappa shape index (κ1) is 16.8. The summed E-state index contributed by atoms with van der Waals surface area (Å²) >= 11 is 1.58. The van der Waals surface area contributed by atoms with E-state index < -0.39 is 0 Å². The minimum atomic E-state index is -0.0765. The summed E-state index contributed by atoms with van der Waals surface area (Å²) in [5, 5.41) is 13.1. The van der Waals surface area contributed by atoms with Crippen molar-refractivity contribution in [3.63, 3.8) is 0 Å². The summed E-state index contributed by atoms with van der Waals surface area (Å²) in [5.74, 6) is 0.865. The topological polar surface area (TPSA) is 78.7 Å². The molecule has 0 bridgehead atoms. The van der Waals surface area contributed by atoms with Gasteiger partial charge in [-0.25, -0.2) is 9.78 Å². The maximum Gasteiger partial charge on any atom is 0.317 e. The molecule has 1 aliphatic heterocycles. The first-order valence-electron chi connectivity index (χ1n) is 8.65. The van der Waals surface area contributed by atoms with Crippen LogP contribution in [0, 0.1) is 0 Å². The van der Waals surface area contributed by atoms with E-state index in [4.69, 9.17) is 0 Å². The maximum absolute atomic E-state index is 12.5.